The van der Waals surface area contributed by atoms with Crippen LogP contribution in [0.2, 0.25) is 0 Å². The summed E-state index contributed by atoms with van der Waals surface area (Å²) in [6.07, 6.45) is 0. The van der Waals surface area contributed by atoms with Crippen molar-refractivity contribution in [3.05, 3.63) is 29.7 Å². The molecule has 4 nitrogen and oxygen atoms in total. The summed E-state index contributed by atoms with van der Waals surface area (Å²) in [5.41, 5.74) is 2.02. The second-order valence-electron chi connectivity index (χ2n) is 3.56. The van der Waals surface area contributed by atoms with Gasteiger partial charge in [-0.2, -0.15) is 4.98 Å². The molecule has 0 aliphatic carbocycles. The highest BCUT2D eigenvalue weighted by molar-refractivity contribution is 5.69. The topological polar surface area (TPSA) is 47.1 Å². The van der Waals surface area contributed by atoms with Crippen LogP contribution >= 0.6 is 0 Å². The zero-order valence-corrected chi connectivity index (χ0v) is 9.87. The maximum Gasteiger partial charge on any atom is 0.294 e. The molecule has 1 heterocycles. The quantitative estimate of drug-likeness (QED) is 0.890. The number of nitrogens with zero attached hydrogens (tertiary/aromatic N) is 1. The molecule has 0 aliphatic heterocycles. The summed E-state index contributed by atoms with van der Waals surface area (Å²) in [7, 11) is 3.06. The Morgan fingerprint density at radius 3 is 2.59 bits per heavy atom. The summed E-state index contributed by atoms with van der Waals surface area (Å²) in [6.45, 7) is 1.84. The molecule has 0 atom stereocenters. The van der Waals surface area contributed by atoms with E-state index in [1.54, 1.807) is 6.07 Å². The predicted molar refractivity (Wildman–Crippen MR) is 61.8 cm³/mol. The van der Waals surface area contributed by atoms with E-state index in [0.717, 1.165) is 5.69 Å². The summed E-state index contributed by atoms with van der Waals surface area (Å²) in [4.78, 5) is 7.18. The number of rotatable bonds is 3. The van der Waals surface area contributed by atoms with Crippen LogP contribution in [0.1, 0.15) is 5.69 Å². The molecule has 0 unspecified atom stereocenters. The summed E-state index contributed by atoms with van der Waals surface area (Å²) in [5, 5.41) is 0. The fourth-order valence-electron chi connectivity index (χ4n) is 1.66. The van der Waals surface area contributed by atoms with E-state index < -0.39 is 0 Å². The maximum atomic E-state index is 13.3. The highest BCUT2D eigenvalue weighted by Gasteiger charge is 2.14. The molecule has 90 valence electrons. The van der Waals surface area contributed by atoms with E-state index in [9.17, 15) is 4.39 Å². The molecule has 0 fully saturated rings. The zero-order chi connectivity index (χ0) is 12.4. The standard InChI is InChI=1S/C12H13FN2O2/c1-7-11(15-12(14-7)17-3)9-6-8(13)4-5-10(9)16-2/h4-6H,1-3H3,(H,14,15). The number of aromatic amines is 1. The van der Waals surface area contributed by atoms with Gasteiger partial charge in [0.15, 0.2) is 0 Å². The fourth-order valence-corrected chi connectivity index (χ4v) is 1.66. The van der Waals surface area contributed by atoms with Crippen LogP contribution in [0.15, 0.2) is 18.2 Å². The Labute approximate surface area is 98.4 Å². The SMILES string of the molecule is COc1nc(-c2cc(F)ccc2OC)c(C)[nH]1. The highest BCUT2D eigenvalue weighted by Crippen LogP contribution is 2.32. The molecule has 2 aromatic rings. The van der Waals surface area contributed by atoms with Crippen molar-refractivity contribution in [2.75, 3.05) is 14.2 Å². The number of aromatic nitrogens is 2. The van der Waals surface area contributed by atoms with Crippen LogP contribution in [0.25, 0.3) is 11.3 Å². The van der Waals surface area contributed by atoms with Gasteiger partial charge in [-0.1, -0.05) is 0 Å². The molecular weight excluding hydrogens is 223 g/mol. The lowest BCUT2D eigenvalue weighted by atomic mass is 10.1. The normalized spacial score (nSPS) is 10.4. The Kier molecular flexibility index (Phi) is 2.99. The van der Waals surface area contributed by atoms with Gasteiger partial charge in [0.1, 0.15) is 11.6 Å². The van der Waals surface area contributed by atoms with Gasteiger partial charge < -0.3 is 14.5 Å². The van der Waals surface area contributed by atoms with Crippen LogP contribution in [0.4, 0.5) is 4.39 Å². The number of hydrogen-bond donors (Lipinski definition) is 1. The molecule has 1 aromatic heterocycles. The molecule has 0 aliphatic rings. The lowest BCUT2D eigenvalue weighted by Crippen LogP contribution is -1.91. The molecule has 2 rings (SSSR count). The van der Waals surface area contributed by atoms with E-state index >= 15 is 0 Å². The molecule has 0 radical (unpaired) electrons. The second kappa shape index (κ2) is 4.45. The van der Waals surface area contributed by atoms with E-state index in [0.29, 0.717) is 23.0 Å². The molecule has 0 saturated heterocycles. The number of benzene rings is 1. The van der Waals surface area contributed by atoms with Crippen LogP contribution < -0.4 is 9.47 Å². The molecule has 0 saturated carbocycles. The third kappa shape index (κ3) is 2.08. The Morgan fingerprint density at radius 2 is 2.00 bits per heavy atom. The number of halogens is 1. The first-order chi connectivity index (χ1) is 8.15. The molecular formula is C12H13FN2O2. The van der Waals surface area contributed by atoms with Crippen LogP contribution in [0.5, 0.6) is 11.8 Å². The largest absolute Gasteiger partial charge is 0.496 e. The van der Waals surface area contributed by atoms with Gasteiger partial charge in [0.2, 0.25) is 0 Å². The molecule has 0 bridgehead atoms. The van der Waals surface area contributed by atoms with Crippen molar-refractivity contribution < 1.29 is 13.9 Å². The number of H-pyrrole nitrogens is 1. The molecule has 1 N–H and O–H groups in total. The van der Waals surface area contributed by atoms with E-state index in [1.807, 2.05) is 6.92 Å². The minimum atomic E-state index is -0.331. The van der Waals surface area contributed by atoms with Gasteiger partial charge in [0.05, 0.1) is 19.9 Å². The van der Waals surface area contributed by atoms with Gasteiger partial charge in [-0.3, -0.25) is 0 Å². The third-order valence-electron chi connectivity index (χ3n) is 2.47. The van der Waals surface area contributed by atoms with E-state index in [-0.39, 0.29) is 5.82 Å². The summed E-state index contributed by atoms with van der Waals surface area (Å²) in [5.74, 6) is 0.241. The zero-order valence-electron chi connectivity index (χ0n) is 9.87. The lowest BCUT2D eigenvalue weighted by Gasteiger charge is -2.06. The van der Waals surface area contributed by atoms with E-state index in [4.69, 9.17) is 9.47 Å². The summed E-state index contributed by atoms with van der Waals surface area (Å²) < 4.78 is 23.5. The molecule has 17 heavy (non-hydrogen) atoms. The van der Waals surface area contributed by atoms with Crippen molar-refractivity contribution >= 4 is 0 Å². The van der Waals surface area contributed by atoms with Crippen molar-refractivity contribution in [3.8, 4) is 23.0 Å². The molecule has 5 heteroatoms. The average Bonchev–Trinajstić information content (AvgIpc) is 2.70. The number of imidazole rings is 1. The van der Waals surface area contributed by atoms with Crippen LogP contribution in [0.3, 0.4) is 0 Å². The minimum Gasteiger partial charge on any atom is -0.496 e. The average molecular weight is 236 g/mol. The third-order valence-corrected chi connectivity index (χ3v) is 2.47. The smallest absolute Gasteiger partial charge is 0.294 e. The van der Waals surface area contributed by atoms with Crippen molar-refractivity contribution in [2.45, 2.75) is 6.92 Å². The highest BCUT2D eigenvalue weighted by atomic mass is 19.1. The Hall–Kier alpha value is -2.04. The Balaban J connectivity index is 2.58. The fraction of sp³-hybridized carbons (Fsp3) is 0.250. The van der Waals surface area contributed by atoms with Crippen molar-refractivity contribution in [1.29, 1.82) is 0 Å². The number of ether oxygens (including phenoxy) is 2. The van der Waals surface area contributed by atoms with Gasteiger partial charge in [-0.15, -0.1) is 0 Å². The molecule has 0 amide bonds. The van der Waals surface area contributed by atoms with Gasteiger partial charge in [0, 0.05) is 11.3 Å². The summed E-state index contributed by atoms with van der Waals surface area (Å²) in [6, 6.07) is 4.71. The monoisotopic (exact) mass is 236 g/mol. The Bertz CT molecular complexity index is 537. The van der Waals surface area contributed by atoms with Gasteiger partial charge >= 0.3 is 0 Å². The van der Waals surface area contributed by atoms with E-state index in [1.165, 1.54) is 26.4 Å². The number of nitrogens with one attached hydrogen (secondary N) is 1. The number of hydrogen-bond acceptors (Lipinski definition) is 3. The van der Waals surface area contributed by atoms with Crippen molar-refractivity contribution in [3.63, 3.8) is 0 Å². The van der Waals surface area contributed by atoms with E-state index in [2.05, 4.69) is 9.97 Å². The molecule has 0 spiro atoms. The minimum absolute atomic E-state index is 0.331. The van der Waals surface area contributed by atoms with Crippen LogP contribution in [-0.4, -0.2) is 24.2 Å². The van der Waals surface area contributed by atoms with Gasteiger partial charge in [-0.25, -0.2) is 4.39 Å². The van der Waals surface area contributed by atoms with Gasteiger partial charge in [0.25, 0.3) is 6.01 Å². The van der Waals surface area contributed by atoms with Crippen LogP contribution in [-0.2, 0) is 0 Å². The first-order valence-corrected chi connectivity index (χ1v) is 5.10. The lowest BCUT2D eigenvalue weighted by molar-refractivity contribution is 0.384. The first-order valence-electron chi connectivity index (χ1n) is 5.10. The first kappa shape index (κ1) is 11.4. The summed E-state index contributed by atoms with van der Waals surface area (Å²) >= 11 is 0. The van der Waals surface area contributed by atoms with Crippen molar-refractivity contribution in [1.82, 2.24) is 9.97 Å². The Morgan fingerprint density at radius 1 is 1.24 bits per heavy atom. The number of methoxy groups -OCH3 is 2. The second-order valence-corrected chi connectivity index (χ2v) is 3.56. The predicted octanol–water partition coefficient (Wildman–Crippen LogP) is 2.54. The maximum absolute atomic E-state index is 13.3. The molecule has 1 aromatic carbocycles. The van der Waals surface area contributed by atoms with Crippen LogP contribution in [0, 0.1) is 12.7 Å². The van der Waals surface area contributed by atoms with Gasteiger partial charge in [-0.05, 0) is 25.1 Å². The number of aryl methyl sites for hydroxylation is 1. The van der Waals surface area contributed by atoms with Crippen molar-refractivity contribution in [2.24, 2.45) is 0 Å².